The fourth-order valence-corrected chi connectivity index (χ4v) is 8.06. The van der Waals surface area contributed by atoms with E-state index >= 15 is 0 Å². The largest absolute Gasteiger partial charge is 0.421 e. The number of nitrogens with one attached hydrogen (secondary N) is 1. The van der Waals surface area contributed by atoms with Crippen LogP contribution in [0.2, 0.25) is 0 Å². The molecular formula is C35H30FN5O4S. The molecular weight excluding hydrogens is 605 g/mol. The van der Waals surface area contributed by atoms with E-state index in [4.69, 9.17) is 9.40 Å². The average Bonchev–Trinajstić information content (AvgIpc) is 3.89. The summed E-state index contributed by atoms with van der Waals surface area (Å²) in [6.07, 6.45) is 2.59. The van der Waals surface area contributed by atoms with Crippen molar-refractivity contribution in [3.8, 4) is 21.9 Å². The first kappa shape index (κ1) is 28.7. The summed E-state index contributed by atoms with van der Waals surface area (Å²) < 4.78 is 19.6. The van der Waals surface area contributed by atoms with Crippen molar-refractivity contribution in [2.75, 3.05) is 6.54 Å². The number of aromatic nitrogens is 3. The third kappa shape index (κ3) is 4.81. The summed E-state index contributed by atoms with van der Waals surface area (Å²) in [7, 11) is 0. The molecule has 0 radical (unpaired) electrons. The van der Waals surface area contributed by atoms with E-state index in [0.29, 0.717) is 59.0 Å². The summed E-state index contributed by atoms with van der Waals surface area (Å²) in [5.74, 6) is -0.00155. The molecule has 3 aromatic heterocycles. The number of nitrogens with zero attached hydrogens (tertiary/aromatic N) is 4. The SMILES string of the molecule is Cc1nnc(-c2c(CCc3ccc(F)cc3)nc3c(c2-c2ccc(C(=O)NC4CC(O)c5ccccc54)s2)C(=O)N2CCC[C@@H]32)o1. The van der Waals surface area contributed by atoms with Crippen LogP contribution in [0.1, 0.15) is 91.4 Å². The number of thiophene rings is 1. The molecule has 3 atom stereocenters. The van der Waals surface area contributed by atoms with E-state index in [9.17, 15) is 19.1 Å². The normalized spacial score (nSPS) is 19.8. The number of carbonyl (C=O) groups is 2. The molecule has 11 heteroatoms. The highest BCUT2D eigenvalue weighted by Gasteiger charge is 2.45. The number of benzene rings is 2. The minimum absolute atomic E-state index is 0.0847. The van der Waals surface area contributed by atoms with Crippen molar-refractivity contribution in [3.63, 3.8) is 0 Å². The Balaban J connectivity index is 1.22. The van der Waals surface area contributed by atoms with Crippen LogP contribution in [0.15, 0.2) is 65.1 Å². The lowest BCUT2D eigenvalue weighted by atomic mass is 9.93. The van der Waals surface area contributed by atoms with Crippen molar-refractivity contribution < 1.29 is 23.5 Å². The molecule has 3 aliphatic rings. The van der Waals surface area contributed by atoms with Gasteiger partial charge in [0, 0.05) is 30.3 Å². The number of pyridine rings is 1. The molecule has 1 aliphatic carbocycles. The molecule has 0 saturated carbocycles. The second kappa shape index (κ2) is 11.3. The molecule has 2 unspecified atom stereocenters. The van der Waals surface area contributed by atoms with Crippen LogP contribution in [0, 0.1) is 12.7 Å². The summed E-state index contributed by atoms with van der Waals surface area (Å²) in [6.45, 7) is 2.37. The van der Waals surface area contributed by atoms with Crippen LogP contribution in [0.4, 0.5) is 4.39 Å². The lowest BCUT2D eigenvalue weighted by molar-refractivity contribution is 0.0775. The fraction of sp³-hybridized carbons (Fsp3) is 0.286. The zero-order valence-corrected chi connectivity index (χ0v) is 25.8. The first-order chi connectivity index (χ1) is 22.4. The van der Waals surface area contributed by atoms with Crippen LogP contribution in [-0.4, -0.2) is 43.5 Å². The van der Waals surface area contributed by atoms with Crippen molar-refractivity contribution in [1.29, 1.82) is 0 Å². The molecule has 1 fully saturated rings. The van der Waals surface area contributed by atoms with E-state index in [-0.39, 0.29) is 35.6 Å². The number of halogens is 1. The molecule has 5 heterocycles. The number of amides is 2. The van der Waals surface area contributed by atoms with Gasteiger partial charge in [-0.15, -0.1) is 21.5 Å². The predicted octanol–water partition coefficient (Wildman–Crippen LogP) is 6.29. The maximum Gasteiger partial charge on any atom is 0.261 e. The van der Waals surface area contributed by atoms with E-state index in [2.05, 4.69) is 15.5 Å². The maximum absolute atomic E-state index is 14.0. The quantitative estimate of drug-likeness (QED) is 0.216. The number of rotatable bonds is 7. The summed E-state index contributed by atoms with van der Waals surface area (Å²) in [5.41, 5.74) is 5.89. The smallest absolute Gasteiger partial charge is 0.261 e. The molecule has 2 aromatic carbocycles. The Morgan fingerprint density at radius 3 is 2.63 bits per heavy atom. The number of hydrogen-bond donors (Lipinski definition) is 2. The Kier molecular flexibility index (Phi) is 7.02. The molecule has 2 amide bonds. The zero-order chi connectivity index (χ0) is 31.5. The highest BCUT2D eigenvalue weighted by molar-refractivity contribution is 7.17. The van der Waals surface area contributed by atoms with Crippen molar-refractivity contribution in [3.05, 3.63) is 111 Å². The van der Waals surface area contributed by atoms with Gasteiger partial charge < -0.3 is 19.7 Å². The predicted molar refractivity (Wildman–Crippen MR) is 169 cm³/mol. The van der Waals surface area contributed by atoms with E-state index in [1.807, 2.05) is 35.2 Å². The molecule has 232 valence electrons. The minimum atomic E-state index is -0.631. The van der Waals surface area contributed by atoms with Gasteiger partial charge in [-0.3, -0.25) is 14.6 Å². The van der Waals surface area contributed by atoms with Gasteiger partial charge in [0.25, 0.3) is 11.8 Å². The van der Waals surface area contributed by atoms with Gasteiger partial charge in [-0.25, -0.2) is 4.39 Å². The molecule has 2 N–H and O–H groups in total. The van der Waals surface area contributed by atoms with Gasteiger partial charge in [-0.05, 0) is 66.6 Å². The number of hydrogen-bond acceptors (Lipinski definition) is 8. The second-order valence-corrected chi connectivity index (χ2v) is 13.1. The maximum atomic E-state index is 14.0. The Bertz CT molecular complexity index is 2000. The third-order valence-corrected chi connectivity index (χ3v) is 10.3. The van der Waals surface area contributed by atoms with Crippen LogP contribution < -0.4 is 5.32 Å². The first-order valence-corrected chi connectivity index (χ1v) is 16.3. The van der Waals surface area contributed by atoms with Gasteiger partial charge in [0.2, 0.25) is 11.8 Å². The Morgan fingerprint density at radius 2 is 1.85 bits per heavy atom. The minimum Gasteiger partial charge on any atom is -0.421 e. The highest BCUT2D eigenvalue weighted by atomic mass is 32.1. The van der Waals surface area contributed by atoms with Crippen molar-refractivity contribution in [2.24, 2.45) is 0 Å². The lowest BCUT2D eigenvalue weighted by Gasteiger charge is -2.16. The van der Waals surface area contributed by atoms with Gasteiger partial charge in [0.15, 0.2) is 0 Å². The van der Waals surface area contributed by atoms with Gasteiger partial charge in [0.1, 0.15) is 5.82 Å². The molecule has 8 rings (SSSR count). The van der Waals surface area contributed by atoms with Gasteiger partial charge in [0.05, 0.1) is 45.6 Å². The van der Waals surface area contributed by atoms with Crippen LogP contribution in [-0.2, 0) is 12.8 Å². The number of aliphatic hydroxyl groups is 1. The number of aliphatic hydroxyl groups excluding tert-OH is 1. The highest BCUT2D eigenvalue weighted by Crippen LogP contribution is 2.49. The number of aryl methyl sites for hydroxylation is 3. The Hall–Kier alpha value is -4.74. The lowest BCUT2D eigenvalue weighted by Crippen LogP contribution is -2.26. The van der Waals surface area contributed by atoms with Crippen LogP contribution in [0.3, 0.4) is 0 Å². The average molecular weight is 636 g/mol. The molecule has 2 aliphatic heterocycles. The Labute approximate surface area is 268 Å². The summed E-state index contributed by atoms with van der Waals surface area (Å²) in [5, 5.41) is 22.1. The fourth-order valence-electron chi connectivity index (χ4n) is 7.09. The summed E-state index contributed by atoms with van der Waals surface area (Å²) in [6, 6.07) is 17.2. The summed E-state index contributed by atoms with van der Waals surface area (Å²) in [4.78, 5) is 35.8. The molecule has 0 bridgehead atoms. The first-order valence-electron chi connectivity index (χ1n) is 15.5. The van der Waals surface area contributed by atoms with Crippen LogP contribution >= 0.6 is 11.3 Å². The van der Waals surface area contributed by atoms with Crippen LogP contribution in [0.5, 0.6) is 0 Å². The molecule has 5 aromatic rings. The molecule has 46 heavy (non-hydrogen) atoms. The Morgan fingerprint density at radius 1 is 1.04 bits per heavy atom. The van der Waals surface area contributed by atoms with E-state index in [1.54, 1.807) is 25.1 Å². The zero-order valence-electron chi connectivity index (χ0n) is 25.0. The van der Waals surface area contributed by atoms with Crippen molar-refractivity contribution >= 4 is 23.2 Å². The van der Waals surface area contributed by atoms with Gasteiger partial charge >= 0.3 is 0 Å². The van der Waals surface area contributed by atoms with Gasteiger partial charge in [-0.1, -0.05) is 36.4 Å². The molecule has 0 spiro atoms. The standard InChI is InChI=1S/C35H30FN5O4S/c1-18-39-40-34(45-18)29-23(13-10-19-8-11-20(36)12-9-19)37-32-25-7-4-16-41(25)35(44)31(32)30(29)27-14-15-28(46-27)33(43)38-24-17-26(42)22-6-3-2-5-21(22)24/h2-3,5-6,8-9,11-12,14-15,24-26,42H,4,7,10,13,16-17H2,1H3,(H,38,43)/t24?,25-,26?/m0/s1. The molecule has 9 nitrogen and oxygen atoms in total. The van der Waals surface area contributed by atoms with E-state index in [1.165, 1.54) is 23.5 Å². The number of fused-ring (bicyclic) bond motifs is 4. The topological polar surface area (TPSA) is 121 Å². The number of carbonyl (C=O) groups excluding carboxylic acids is 2. The van der Waals surface area contributed by atoms with Gasteiger partial charge in [-0.2, -0.15) is 0 Å². The monoisotopic (exact) mass is 635 g/mol. The molecule has 1 saturated heterocycles. The van der Waals surface area contributed by atoms with Crippen molar-refractivity contribution in [1.82, 2.24) is 25.4 Å². The van der Waals surface area contributed by atoms with E-state index < -0.39 is 6.10 Å². The van der Waals surface area contributed by atoms with Crippen LogP contribution in [0.25, 0.3) is 21.9 Å². The summed E-state index contributed by atoms with van der Waals surface area (Å²) >= 11 is 1.29. The van der Waals surface area contributed by atoms with E-state index in [0.717, 1.165) is 40.1 Å². The van der Waals surface area contributed by atoms with Crippen molar-refractivity contribution in [2.45, 2.75) is 57.2 Å². The second-order valence-electron chi connectivity index (χ2n) is 12.0. The third-order valence-electron chi connectivity index (χ3n) is 9.22.